The van der Waals surface area contributed by atoms with Crippen LogP contribution in [0.3, 0.4) is 0 Å². The molecule has 1 aromatic heterocycles. The fraction of sp³-hybridized carbons (Fsp3) is 0.357. The quantitative estimate of drug-likeness (QED) is 0.859. The highest BCUT2D eigenvalue weighted by Crippen LogP contribution is 2.20. The largest absolute Gasteiger partial charge is 0.464 e. The van der Waals surface area contributed by atoms with Gasteiger partial charge in [0.15, 0.2) is 0 Å². The summed E-state index contributed by atoms with van der Waals surface area (Å²) in [6, 6.07) is 7.95. The van der Waals surface area contributed by atoms with E-state index < -0.39 is 0 Å². The topological polar surface area (TPSA) is 42.2 Å². The summed E-state index contributed by atoms with van der Waals surface area (Å²) in [5.74, 6) is 0.125. The summed E-state index contributed by atoms with van der Waals surface area (Å²) >= 11 is 0. The van der Waals surface area contributed by atoms with Gasteiger partial charge in [-0.2, -0.15) is 0 Å². The molecule has 3 heteroatoms. The van der Waals surface area contributed by atoms with Crippen LogP contribution in [0.1, 0.15) is 25.3 Å². The Morgan fingerprint density at radius 1 is 1.35 bits per heavy atom. The van der Waals surface area contributed by atoms with Crippen LogP contribution in [0.25, 0.3) is 11.0 Å². The first-order chi connectivity index (χ1) is 8.31. The van der Waals surface area contributed by atoms with Crippen molar-refractivity contribution in [3.8, 4) is 0 Å². The molecule has 1 N–H and O–H groups in total. The summed E-state index contributed by atoms with van der Waals surface area (Å²) < 4.78 is 5.44. The first kappa shape index (κ1) is 11.7. The average Bonchev–Trinajstić information content (AvgIpc) is 2.73. The van der Waals surface area contributed by atoms with Crippen molar-refractivity contribution in [1.82, 2.24) is 5.32 Å². The molecule has 1 amide bonds. The van der Waals surface area contributed by atoms with E-state index in [9.17, 15) is 4.79 Å². The minimum atomic E-state index is 0.125. The highest BCUT2D eigenvalue weighted by Gasteiger charge is 2.05. The summed E-state index contributed by atoms with van der Waals surface area (Å²) in [6.45, 7) is 2.67. The van der Waals surface area contributed by atoms with Gasteiger partial charge in [-0.3, -0.25) is 4.79 Å². The van der Waals surface area contributed by atoms with Gasteiger partial charge in [0.05, 0.1) is 6.26 Å². The zero-order chi connectivity index (χ0) is 12.1. The molecule has 3 nitrogen and oxygen atoms in total. The molecular formula is C14H17NO2. The SMILES string of the molecule is CCCC(=O)NCCc1coc2ccccc12. The molecule has 1 aromatic carbocycles. The van der Waals surface area contributed by atoms with Crippen LogP contribution in [0.2, 0.25) is 0 Å². The fourth-order valence-corrected chi connectivity index (χ4v) is 1.88. The van der Waals surface area contributed by atoms with E-state index in [1.807, 2.05) is 31.2 Å². The summed E-state index contributed by atoms with van der Waals surface area (Å²) in [7, 11) is 0. The Morgan fingerprint density at radius 2 is 2.18 bits per heavy atom. The number of rotatable bonds is 5. The number of carbonyl (C=O) groups excluding carboxylic acids is 1. The lowest BCUT2D eigenvalue weighted by Gasteiger charge is -2.02. The Kier molecular flexibility index (Phi) is 3.81. The van der Waals surface area contributed by atoms with E-state index in [1.54, 1.807) is 6.26 Å². The molecule has 0 aliphatic rings. The van der Waals surface area contributed by atoms with Gasteiger partial charge < -0.3 is 9.73 Å². The highest BCUT2D eigenvalue weighted by molar-refractivity contribution is 5.81. The van der Waals surface area contributed by atoms with Gasteiger partial charge in [-0.15, -0.1) is 0 Å². The van der Waals surface area contributed by atoms with Crippen LogP contribution in [0.5, 0.6) is 0 Å². The molecule has 2 rings (SSSR count). The number of carbonyl (C=O) groups is 1. The second-order valence-electron chi connectivity index (χ2n) is 4.11. The second-order valence-corrected chi connectivity index (χ2v) is 4.11. The third-order valence-corrected chi connectivity index (χ3v) is 2.75. The van der Waals surface area contributed by atoms with E-state index in [0.717, 1.165) is 29.4 Å². The van der Waals surface area contributed by atoms with Crippen molar-refractivity contribution in [3.05, 3.63) is 36.1 Å². The Labute approximate surface area is 101 Å². The summed E-state index contributed by atoms with van der Waals surface area (Å²) in [5, 5.41) is 4.04. The van der Waals surface area contributed by atoms with Crippen LogP contribution in [-0.2, 0) is 11.2 Å². The predicted octanol–water partition coefficient (Wildman–Crippen LogP) is 2.89. The number of amides is 1. The average molecular weight is 231 g/mol. The van der Waals surface area contributed by atoms with Crippen LogP contribution in [-0.4, -0.2) is 12.5 Å². The maximum absolute atomic E-state index is 11.3. The maximum Gasteiger partial charge on any atom is 0.219 e. The Morgan fingerprint density at radius 3 is 3.00 bits per heavy atom. The Bertz CT molecular complexity index is 502. The van der Waals surface area contributed by atoms with Gasteiger partial charge in [-0.25, -0.2) is 0 Å². The summed E-state index contributed by atoms with van der Waals surface area (Å²) in [4.78, 5) is 11.3. The number of furan rings is 1. The van der Waals surface area contributed by atoms with Crippen molar-refractivity contribution >= 4 is 16.9 Å². The number of para-hydroxylation sites is 1. The molecule has 0 fully saturated rings. The summed E-state index contributed by atoms with van der Waals surface area (Å²) in [5.41, 5.74) is 2.06. The molecule has 90 valence electrons. The fourth-order valence-electron chi connectivity index (χ4n) is 1.88. The van der Waals surface area contributed by atoms with Crippen LogP contribution in [0.4, 0.5) is 0 Å². The molecule has 0 spiro atoms. The molecule has 0 radical (unpaired) electrons. The Balaban J connectivity index is 1.93. The molecule has 0 atom stereocenters. The third kappa shape index (κ3) is 2.87. The second kappa shape index (κ2) is 5.53. The van der Waals surface area contributed by atoms with Gasteiger partial charge in [0.1, 0.15) is 5.58 Å². The monoisotopic (exact) mass is 231 g/mol. The van der Waals surface area contributed by atoms with Gasteiger partial charge in [0.25, 0.3) is 0 Å². The van der Waals surface area contributed by atoms with Crippen LogP contribution < -0.4 is 5.32 Å². The van der Waals surface area contributed by atoms with Crippen LogP contribution in [0.15, 0.2) is 34.9 Å². The minimum absolute atomic E-state index is 0.125. The Hall–Kier alpha value is -1.77. The smallest absolute Gasteiger partial charge is 0.219 e. The van der Waals surface area contributed by atoms with E-state index in [-0.39, 0.29) is 5.91 Å². The van der Waals surface area contributed by atoms with Gasteiger partial charge in [-0.05, 0) is 24.5 Å². The van der Waals surface area contributed by atoms with Crippen molar-refractivity contribution in [2.24, 2.45) is 0 Å². The number of hydrogen-bond acceptors (Lipinski definition) is 2. The number of nitrogens with one attached hydrogen (secondary N) is 1. The highest BCUT2D eigenvalue weighted by atomic mass is 16.3. The van der Waals surface area contributed by atoms with E-state index in [4.69, 9.17) is 4.42 Å². The molecule has 0 aliphatic heterocycles. The lowest BCUT2D eigenvalue weighted by molar-refractivity contribution is -0.121. The standard InChI is InChI=1S/C14H17NO2/c1-2-5-14(16)15-9-8-11-10-17-13-7-4-3-6-12(11)13/h3-4,6-7,10H,2,5,8-9H2,1H3,(H,15,16). The predicted molar refractivity (Wildman–Crippen MR) is 67.8 cm³/mol. The number of hydrogen-bond donors (Lipinski definition) is 1. The van der Waals surface area contributed by atoms with Crippen molar-refractivity contribution in [2.45, 2.75) is 26.2 Å². The van der Waals surface area contributed by atoms with E-state index in [0.29, 0.717) is 13.0 Å². The zero-order valence-electron chi connectivity index (χ0n) is 10.0. The van der Waals surface area contributed by atoms with Crippen molar-refractivity contribution in [3.63, 3.8) is 0 Å². The van der Waals surface area contributed by atoms with Crippen molar-refractivity contribution in [2.75, 3.05) is 6.54 Å². The molecule has 1 heterocycles. The third-order valence-electron chi connectivity index (χ3n) is 2.75. The molecular weight excluding hydrogens is 214 g/mol. The molecule has 0 saturated heterocycles. The maximum atomic E-state index is 11.3. The van der Waals surface area contributed by atoms with Gasteiger partial charge in [0.2, 0.25) is 5.91 Å². The first-order valence-electron chi connectivity index (χ1n) is 6.03. The van der Waals surface area contributed by atoms with Gasteiger partial charge >= 0.3 is 0 Å². The number of benzene rings is 1. The number of fused-ring (bicyclic) bond motifs is 1. The van der Waals surface area contributed by atoms with Crippen LogP contribution in [0, 0.1) is 0 Å². The molecule has 0 saturated carbocycles. The molecule has 2 aromatic rings. The molecule has 0 unspecified atom stereocenters. The molecule has 0 bridgehead atoms. The molecule has 17 heavy (non-hydrogen) atoms. The van der Waals surface area contributed by atoms with E-state index in [1.165, 1.54) is 0 Å². The zero-order valence-corrected chi connectivity index (χ0v) is 10.0. The van der Waals surface area contributed by atoms with E-state index >= 15 is 0 Å². The summed E-state index contributed by atoms with van der Waals surface area (Å²) in [6.07, 6.45) is 4.08. The van der Waals surface area contributed by atoms with Crippen molar-refractivity contribution in [1.29, 1.82) is 0 Å². The minimum Gasteiger partial charge on any atom is -0.464 e. The lowest BCUT2D eigenvalue weighted by atomic mass is 10.1. The van der Waals surface area contributed by atoms with Gasteiger partial charge in [-0.1, -0.05) is 25.1 Å². The first-order valence-corrected chi connectivity index (χ1v) is 6.03. The lowest BCUT2D eigenvalue weighted by Crippen LogP contribution is -2.24. The van der Waals surface area contributed by atoms with Crippen LogP contribution >= 0.6 is 0 Å². The van der Waals surface area contributed by atoms with Gasteiger partial charge in [0, 0.05) is 18.4 Å². The van der Waals surface area contributed by atoms with Crippen molar-refractivity contribution < 1.29 is 9.21 Å². The van der Waals surface area contributed by atoms with E-state index in [2.05, 4.69) is 5.32 Å². The normalized spacial score (nSPS) is 10.6. The molecule has 0 aliphatic carbocycles.